The van der Waals surface area contributed by atoms with Crippen molar-refractivity contribution in [3.05, 3.63) is 65.2 Å². The van der Waals surface area contributed by atoms with E-state index >= 15 is 0 Å². The van der Waals surface area contributed by atoms with Gasteiger partial charge in [0.15, 0.2) is 36.3 Å². The number of ketones is 2. The number of rotatable bonds is 13. The zero-order chi connectivity index (χ0) is 29.0. The number of hydrogen-bond acceptors (Lipinski definition) is 9. The Hall–Kier alpha value is -4.61. The van der Waals surface area contributed by atoms with Crippen molar-refractivity contribution in [1.82, 2.24) is 0 Å². The highest BCUT2D eigenvalue weighted by Crippen LogP contribution is 2.37. The molecule has 0 aromatic heterocycles. The smallest absolute Gasteiger partial charge is 0.419 e. The maximum Gasteiger partial charge on any atom is 0.419 e. The van der Waals surface area contributed by atoms with Gasteiger partial charge < -0.3 is 23.7 Å². The molecule has 0 spiro atoms. The first kappa shape index (κ1) is 30.6. The highest BCUT2D eigenvalue weighted by atomic mass is 19.4. The number of alkyl halides is 3. The molecule has 208 valence electrons. The Morgan fingerprint density at radius 3 is 1.69 bits per heavy atom. The summed E-state index contributed by atoms with van der Waals surface area (Å²) in [6.07, 6.45) is -0.562. The van der Waals surface area contributed by atoms with E-state index in [1.807, 2.05) is 0 Å². The number of esters is 2. The Morgan fingerprint density at radius 2 is 1.21 bits per heavy atom. The fourth-order valence-corrected chi connectivity index (χ4v) is 2.96. The highest BCUT2D eigenvalue weighted by molar-refractivity contribution is 6.10. The topological polar surface area (TPSA) is 114 Å². The van der Waals surface area contributed by atoms with Crippen LogP contribution in [0.25, 0.3) is 12.2 Å². The Labute approximate surface area is 221 Å². The minimum absolute atomic E-state index is 0.0330. The molecule has 0 radical (unpaired) electrons. The van der Waals surface area contributed by atoms with Crippen molar-refractivity contribution in [2.45, 2.75) is 12.6 Å². The minimum Gasteiger partial charge on any atom is -0.493 e. The Morgan fingerprint density at radius 1 is 0.718 bits per heavy atom. The highest BCUT2D eigenvalue weighted by Gasteiger charge is 2.34. The van der Waals surface area contributed by atoms with Crippen LogP contribution in [0.5, 0.6) is 17.2 Å². The third-order valence-corrected chi connectivity index (χ3v) is 4.91. The number of hydrogen-bond donors (Lipinski definition) is 0. The van der Waals surface area contributed by atoms with Crippen LogP contribution in [0.3, 0.4) is 0 Å². The molecule has 2 aromatic carbocycles. The Balaban J connectivity index is 2.03. The molecule has 0 aliphatic rings. The van der Waals surface area contributed by atoms with Crippen LogP contribution < -0.4 is 14.2 Å². The van der Waals surface area contributed by atoms with Gasteiger partial charge in [0.1, 0.15) is 5.75 Å². The van der Waals surface area contributed by atoms with E-state index in [1.165, 1.54) is 38.5 Å². The third kappa shape index (κ3) is 9.99. The molecule has 0 saturated heterocycles. The monoisotopic (exact) mass is 550 g/mol. The molecule has 0 heterocycles. The van der Waals surface area contributed by atoms with Crippen molar-refractivity contribution in [3.8, 4) is 17.2 Å². The lowest BCUT2D eigenvalue weighted by Crippen LogP contribution is -2.15. The van der Waals surface area contributed by atoms with Gasteiger partial charge in [-0.05, 0) is 47.5 Å². The number of carbonyl (C=O) groups excluding carboxylic acids is 4. The number of carbonyl (C=O) groups is 4. The maximum absolute atomic E-state index is 13.4. The molecule has 0 aliphatic heterocycles. The first-order chi connectivity index (χ1) is 18.5. The van der Waals surface area contributed by atoms with Gasteiger partial charge >= 0.3 is 18.1 Å². The molecule has 2 rings (SSSR count). The molecule has 0 aliphatic carbocycles. The van der Waals surface area contributed by atoms with Crippen molar-refractivity contribution in [3.63, 3.8) is 0 Å². The summed E-state index contributed by atoms with van der Waals surface area (Å²) >= 11 is 0. The normalized spacial score (nSPS) is 11.3. The van der Waals surface area contributed by atoms with E-state index in [1.54, 1.807) is 12.1 Å². The number of benzene rings is 2. The minimum atomic E-state index is -4.78. The quantitative estimate of drug-likeness (QED) is 0.207. The van der Waals surface area contributed by atoms with Crippen LogP contribution in [-0.4, -0.2) is 58.0 Å². The van der Waals surface area contributed by atoms with Gasteiger partial charge in [-0.15, -0.1) is 0 Å². The second-order valence-electron chi connectivity index (χ2n) is 7.67. The molecule has 0 atom stereocenters. The molecular weight excluding hydrogens is 525 g/mol. The predicted molar refractivity (Wildman–Crippen MR) is 132 cm³/mol. The van der Waals surface area contributed by atoms with Gasteiger partial charge in [0.05, 0.1) is 33.3 Å². The number of halogens is 3. The summed E-state index contributed by atoms with van der Waals surface area (Å²) in [7, 11) is 3.69. The lowest BCUT2D eigenvalue weighted by Gasteiger charge is -2.14. The van der Waals surface area contributed by atoms with Crippen molar-refractivity contribution >= 4 is 35.7 Å². The maximum atomic E-state index is 13.4. The molecule has 39 heavy (non-hydrogen) atoms. The van der Waals surface area contributed by atoms with Gasteiger partial charge in [-0.25, -0.2) is 9.59 Å². The summed E-state index contributed by atoms with van der Waals surface area (Å²) in [4.78, 5) is 46.8. The second kappa shape index (κ2) is 14.4. The van der Waals surface area contributed by atoms with Crippen molar-refractivity contribution in [1.29, 1.82) is 0 Å². The van der Waals surface area contributed by atoms with Gasteiger partial charge in [-0.1, -0.05) is 24.3 Å². The van der Waals surface area contributed by atoms with Gasteiger partial charge in [-0.2, -0.15) is 13.2 Å². The third-order valence-electron chi connectivity index (χ3n) is 4.91. The van der Waals surface area contributed by atoms with Crippen LogP contribution in [-0.2, 0) is 34.8 Å². The van der Waals surface area contributed by atoms with Gasteiger partial charge in [0.25, 0.3) is 0 Å². The molecule has 2 aromatic rings. The molecular formula is C27H25F3O9. The van der Waals surface area contributed by atoms with E-state index in [0.717, 1.165) is 31.4 Å². The summed E-state index contributed by atoms with van der Waals surface area (Å²) in [6, 6.07) is 7.71. The molecule has 9 nitrogen and oxygen atoms in total. The molecule has 0 saturated carbocycles. The summed E-state index contributed by atoms with van der Waals surface area (Å²) < 4.78 is 64.5. The number of ether oxygens (including phenoxy) is 5. The predicted octanol–water partition coefficient (Wildman–Crippen LogP) is 4.07. The SMILES string of the molecule is COC(=O)COc1ccc(/C=C/C(=O)CC(=O)/C=C/c2ccc(OCC(=O)OC)c(C(F)(F)F)c2)cc1OC. The molecule has 0 bridgehead atoms. The van der Waals surface area contributed by atoms with Crippen LogP contribution in [0.2, 0.25) is 0 Å². The number of allylic oxidation sites excluding steroid dienone is 2. The fraction of sp³-hybridized carbons (Fsp3) is 0.259. The van der Waals surface area contributed by atoms with Crippen LogP contribution in [0.15, 0.2) is 48.6 Å². The first-order valence-corrected chi connectivity index (χ1v) is 11.2. The van der Waals surface area contributed by atoms with Crippen molar-refractivity contribution < 1.29 is 56.0 Å². The van der Waals surface area contributed by atoms with E-state index in [2.05, 4.69) is 9.47 Å². The average Bonchev–Trinajstić information content (AvgIpc) is 2.91. The number of methoxy groups -OCH3 is 3. The van der Waals surface area contributed by atoms with Gasteiger partial charge in [0.2, 0.25) is 0 Å². The van der Waals surface area contributed by atoms with E-state index in [9.17, 15) is 32.3 Å². The lowest BCUT2D eigenvalue weighted by molar-refractivity contribution is -0.145. The van der Waals surface area contributed by atoms with Crippen LogP contribution in [0, 0.1) is 0 Å². The van der Waals surface area contributed by atoms with E-state index < -0.39 is 54.0 Å². The van der Waals surface area contributed by atoms with Gasteiger partial charge in [-0.3, -0.25) is 9.59 Å². The average molecular weight is 550 g/mol. The molecule has 0 N–H and O–H groups in total. The molecule has 0 amide bonds. The van der Waals surface area contributed by atoms with E-state index in [4.69, 9.17) is 14.2 Å². The molecule has 12 heteroatoms. The fourth-order valence-electron chi connectivity index (χ4n) is 2.96. The van der Waals surface area contributed by atoms with E-state index in [-0.39, 0.29) is 17.9 Å². The Bertz CT molecular complexity index is 1260. The van der Waals surface area contributed by atoms with Gasteiger partial charge in [0, 0.05) is 0 Å². The van der Waals surface area contributed by atoms with E-state index in [0.29, 0.717) is 11.3 Å². The second-order valence-corrected chi connectivity index (χ2v) is 7.67. The molecule has 0 fully saturated rings. The largest absolute Gasteiger partial charge is 0.493 e. The molecule has 0 unspecified atom stereocenters. The standard InChI is InChI=1S/C27H25F3O9/c1-35-24-13-18(7-11-23(24)39-16-26(34)37-3)5-9-20(32)14-19(31)8-4-17-6-10-22(38-15-25(33)36-2)21(12-17)27(28,29)30/h4-13H,14-16H2,1-3H3/b8-4+,9-5+. The zero-order valence-electron chi connectivity index (χ0n) is 21.2. The van der Waals surface area contributed by atoms with Crippen molar-refractivity contribution in [2.24, 2.45) is 0 Å². The summed E-state index contributed by atoms with van der Waals surface area (Å²) in [5, 5.41) is 0. The summed E-state index contributed by atoms with van der Waals surface area (Å²) in [5.74, 6) is -2.59. The summed E-state index contributed by atoms with van der Waals surface area (Å²) in [5.41, 5.74) is -0.564. The van der Waals surface area contributed by atoms with Crippen LogP contribution in [0.1, 0.15) is 23.1 Å². The van der Waals surface area contributed by atoms with Crippen molar-refractivity contribution in [2.75, 3.05) is 34.5 Å². The summed E-state index contributed by atoms with van der Waals surface area (Å²) in [6.45, 7) is -1.02. The van der Waals surface area contributed by atoms with Crippen LogP contribution in [0.4, 0.5) is 13.2 Å². The first-order valence-electron chi connectivity index (χ1n) is 11.2. The zero-order valence-corrected chi connectivity index (χ0v) is 21.2. The Kier molecular flexibility index (Phi) is 11.3. The lowest BCUT2D eigenvalue weighted by atomic mass is 10.1. The van der Waals surface area contributed by atoms with Crippen LogP contribution >= 0.6 is 0 Å².